The fourth-order valence-corrected chi connectivity index (χ4v) is 6.30. The Balaban J connectivity index is 1.62. The second-order valence-corrected chi connectivity index (χ2v) is 11.9. The molecule has 1 aliphatic rings. The molecule has 1 heterocycles. The highest BCUT2D eigenvalue weighted by Gasteiger charge is 2.35. The number of halogens is 3. The van der Waals surface area contributed by atoms with E-state index in [0.717, 1.165) is 16.7 Å². The van der Waals surface area contributed by atoms with Gasteiger partial charge in [-0.3, -0.25) is 14.5 Å². The van der Waals surface area contributed by atoms with E-state index in [9.17, 15) is 18.0 Å². The van der Waals surface area contributed by atoms with Crippen LogP contribution in [-0.4, -0.2) is 31.1 Å². The van der Waals surface area contributed by atoms with Gasteiger partial charge in [-0.1, -0.05) is 47.5 Å². The van der Waals surface area contributed by atoms with Crippen molar-refractivity contribution in [3.63, 3.8) is 0 Å². The van der Waals surface area contributed by atoms with Crippen LogP contribution in [0.4, 0.5) is 4.79 Å². The SMILES string of the molecule is CCOc1cc(/C=C2\SC(=O)N(Cc3ccc(Cl)cc3Cl)C2=O)cc(Br)c1OS(=O)(=O)c1ccccc1. The minimum absolute atomic E-state index is 0.00395. The molecule has 0 spiro atoms. The van der Waals surface area contributed by atoms with Crippen molar-refractivity contribution in [2.45, 2.75) is 18.4 Å². The van der Waals surface area contributed by atoms with E-state index in [1.54, 1.807) is 49.4 Å². The third-order valence-electron chi connectivity index (χ3n) is 5.07. The number of ether oxygens (including phenoxy) is 1. The lowest BCUT2D eigenvalue weighted by molar-refractivity contribution is -0.123. The molecule has 1 fully saturated rings. The van der Waals surface area contributed by atoms with Crippen molar-refractivity contribution in [3.05, 3.63) is 91.2 Å². The van der Waals surface area contributed by atoms with Crippen LogP contribution < -0.4 is 8.92 Å². The molecule has 1 saturated heterocycles. The van der Waals surface area contributed by atoms with E-state index in [-0.39, 0.29) is 38.9 Å². The molecule has 7 nitrogen and oxygen atoms in total. The van der Waals surface area contributed by atoms with Gasteiger partial charge in [0.15, 0.2) is 11.5 Å². The smallest absolute Gasteiger partial charge is 0.339 e. The summed E-state index contributed by atoms with van der Waals surface area (Å²) in [6.07, 6.45) is 1.52. The lowest BCUT2D eigenvalue weighted by Crippen LogP contribution is -2.27. The maximum atomic E-state index is 13.0. The number of rotatable bonds is 8. The molecule has 37 heavy (non-hydrogen) atoms. The second kappa shape index (κ2) is 11.5. The summed E-state index contributed by atoms with van der Waals surface area (Å²) in [7, 11) is -4.13. The van der Waals surface area contributed by atoms with Crippen LogP contribution in [0.5, 0.6) is 11.5 Å². The maximum Gasteiger partial charge on any atom is 0.339 e. The van der Waals surface area contributed by atoms with Crippen LogP contribution in [0.1, 0.15) is 18.1 Å². The number of amides is 2. The highest BCUT2D eigenvalue weighted by molar-refractivity contribution is 9.10. The lowest BCUT2D eigenvalue weighted by Gasteiger charge is -2.15. The summed E-state index contributed by atoms with van der Waals surface area (Å²) in [5.41, 5.74) is 1.08. The average Bonchev–Trinajstić information content (AvgIpc) is 3.11. The van der Waals surface area contributed by atoms with Gasteiger partial charge in [0.2, 0.25) is 0 Å². The lowest BCUT2D eigenvalue weighted by atomic mass is 10.1. The summed E-state index contributed by atoms with van der Waals surface area (Å²) in [5, 5.41) is 0.351. The van der Waals surface area contributed by atoms with Gasteiger partial charge in [-0.2, -0.15) is 8.42 Å². The quantitative estimate of drug-likeness (QED) is 0.190. The molecule has 3 aromatic carbocycles. The zero-order valence-corrected chi connectivity index (χ0v) is 23.8. The summed E-state index contributed by atoms with van der Waals surface area (Å²) in [5.74, 6) is -0.370. The van der Waals surface area contributed by atoms with Crippen LogP contribution in [-0.2, 0) is 21.5 Å². The van der Waals surface area contributed by atoms with E-state index >= 15 is 0 Å². The third-order valence-corrected chi connectivity index (χ3v) is 8.39. The Kier molecular flexibility index (Phi) is 8.55. The van der Waals surface area contributed by atoms with Gasteiger partial charge in [0, 0.05) is 10.0 Å². The molecule has 0 N–H and O–H groups in total. The van der Waals surface area contributed by atoms with E-state index in [0.29, 0.717) is 21.2 Å². The summed E-state index contributed by atoms with van der Waals surface area (Å²) in [6.45, 7) is 1.97. The van der Waals surface area contributed by atoms with Crippen molar-refractivity contribution in [1.82, 2.24) is 4.90 Å². The molecule has 0 radical (unpaired) electrons. The minimum Gasteiger partial charge on any atom is -0.490 e. The first kappa shape index (κ1) is 27.5. The Morgan fingerprint density at radius 3 is 2.46 bits per heavy atom. The molecular formula is C25H18BrCl2NO6S2. The van der Waals surface area contributed by atoms with Crippen molar-refractivity contribution in [2.75, 3.05) is 6.61 Å². The highest BCUT2D eigenvalue weighted by Crippen LogP contribution is 2.41. The van der Waals surface area contributed by atoms with Crippen LogP contribution in [0.2, 0.25) is 10.0 Å². The molecule has 0 unspecified atom stereocenters. The summed E-state index contributed by atoms with van der Waals surface area (Å²) >= 11 is 16.3. The van der Waals surface area contributed by atoms with Crippen molar-refractivity contribution < 1.29 is 26.9 Å². The molecule has 0 saturated carbocycles. The number of thioether (sulfide) groups is 1. The fourth-order valence-electron chi connectivity index (χ4n) is 3.37. The van der Waals surface area contributed by atoms with Crippen LogP contribution in [0.25, 0.3) is 6.08 Å². The number of carbonyl (C=O) groups excluding carboxylic acids is 2. The number of carbonyl (C=O) groups is 2. The zero-order chi connectivity index (χ0) is 26.7. The first-order valence-corrected chi connectivity index (χ1v) is 14.5. The molecule has 192 valence electrons. The van der Waals surface area contributed by atoms with Gasteiger partial charge in [0.1, 0.15) is 4.90 Å². The van der Waals surface area contributed by atoms with Gasteiger partial charge in [-0.15, -0.1) is 0 Å². The predicted octanol–water partition coefficient (Wildman–Crippen LogP) is 7.16. The monoisotopic (exact) mass is 641 g/mol. The number of hydrogen-bond acceptors (Lipinski definition) is 7. The van der Waals surface area contributed by atoms with E-state index in [1.807, 2.05) is 0 Å². The molecule has 4 rings (SSSR count). The molecule has 1 aliphatic heterocycles. The van der Waals surface area contributed by atoms with Gasteiger partial charge >= 0.3 is 10.1 Å². The Morgan fingerprint density at radius 1 is 1.05 bits per heavy atom. The summed E-state index contributed by atoms with van der Waals surface area (Å²) < 4.78 is 36.8. The number of hydrogen-bond donors (Lipinski definition) is 0. The Bertz CT molecular complexity index is 1510. The average molecular weight is 643 g/mol. The van der Waals surface area contributed by atoms with Crippen LogP contribution in [0.15, 0.2) is 74.9 Å². The first-order valence-electron chi connectivity index (χ1n) is 10.7. The Morgan fingerprint density at radius 2 is 1.78 bits per heavy atom. The number of nitrogens with zero attached hydrogens (tertiary/aromatic N) is 1. The van der Waals surface area contributed by atoms with E-state index < -0.39 is 21.3 Å². The van der Waals surface area contributed by atoms with Crippen molar-refractivity contribution in [3.8, 4) is 11.5 Å². The number of imide groups is 1. The third kappa shape index (κ3) is 6.32. The molecule has 2 amide bonds. The van der Waals surface area contributed by atoms with E-state index in [4.69, 9.17) is 32.1 Å². The van der Waals surface area contributed by atoms with Crippen LogP contribution in [0.3, 0.4) is 0 Å². The largest absolute Gasteiger partial charge is 0.490 e. The standard InChI is InChI=1S/C25H18BrCl2NO6S2/c1-2-34-21-11-15(10-19(26)23(21)35-37(32,33)18-6-4-3-5-7-18)12-22-24(30)29(25(31)36-22)14-16-8-9-17(27)13-20(16)28/h3-13H,2,14H2,1H3/b22-12-. The minimum atomic E-state index is -4.13. The maximum absolute atomic E-state index is 13.0. The molecule has 0 atom stereocenters. The number of benzene rings is 3. The van der Waals surface area contributed by atoms with Gasteiger partial charge in [-0.25, -0.2) is 0 Å². The van der Waals surface area contributed by atoms with Gasteiger partial charge in [-0.05, 0) is 88.2 Å². The summed E-state index contributed by atoms with van der Waals surface area (Å²) in [4.78, 5) is 26.9. The molecule has 0 aliphatic carbocycles. The second-order valence-electron chi connectivity index (χ2n) is 7.62. The molecule has 0 bridgehead atoms. The molecule has 12 heteroatoms. The normalized spacial score (nSPS) is 14.9. The summed E-state index contributed by atoms with van der Waals surface area (Å²) in [6, 6.07) is 15.7. The molecule has 0 aromatic heterocycles. The highest BCUT2D eigenvalue weighted by atomic mass is 79.9. The van der Waals surface area contributed by atoms with Crippen LogP contribution >= 0.6 is 50.9 Å². The van der Waals surface area contributed by atoms with Gasteiger partial charge < -0.3 is 8.92 Å². The predicted molar refractivity (Wildman–Crippen MR) is 148 cm³/mol. The Hall–Kier alpha value is -2.50. The topological polar surface area (TPSA) is 90.0 Å². The van der Waals surface area contributed by atoms with Crippen molar-refractivity contribution in [2.24, 2.45) is 0 Å². The molecular weight excluding hydrogens is 625 g/mol. The zero-order valence-electron chi connectivity index (χ0n) is 19.1. The van der Waals surface area contributed by atoms with E-state index in [1.165, 1.54) is 24.3 Å². The van der Waals surface area contributed by atoms with Gasteiger partial charge in [0.05, 0.1) is 22.5 Å². The first-order chi connectivity index (χ1) is 17.6. The van der Waals surface area contributed by atoms with E-state index in [2.05, 4.69) is 15.9 Å². The van der Waals surface area contributed by atoms with Crippen LogP contribution in [0, 0.1) is 0 Å². The van der Waals surface area contributed by atoms with Crippen molar-refractivity contribution in [1.29, 1.82) is 0 Å². The van der Waals surface area contributed by atoms with Gasteiger partial charge in [0.25, 0.3) is 11.1 Å². The molecule has 3 aromatic rings. The van der Waals surface area contributed by atoms with Crippen molar-refractivity contribution >= 4 is 78.2 Å². The fraction of sp³-hybridized carbons (Fsp3) is 0.120. The Labute approximate surface area is 236 Å².